The van der Waals surface area contributed by atoms with E-state index in [1.165, 1.54) is 44.9 Å². The van der Waals surface area contributed by atoms with Crippen LogP contribution in [0.25, 0.3) is 0 Å². The van der Waals surface area contributed by atoms with E-state index < -0.39 is 12.1 Å². The van der Waals surface area contributed by atoms with Gasteiger partial charge < -0.3 is 14.8 Å². The number of unbranched alkanes of at least 4 members (excludes halogenated alkanes) is 8. The van der Waals surface area contributed by atoms with E-state index in [-0.39, 0.29) is 18.5 Å². The molecule has 0 aliphatic carbocycles. The quantitative estimate of drug-likeness (QED) is 0.204. The topological polar surface area (TPSA) is 64.6 Å². The first-order valence-electron chi connectivity index (χ1n) is 9.80. The van der Waals surface area contributed by atoms with E-state index in [4.69, 9.17) is 21.1 Å². The number of hydrogen-bond donors (Lipinski definition) is 1. The van der Waals surface area contributed by atoms with Gasteiger partial charge >= 0.3 is 12.1 Å². The molecule has 0 aromatic heterocycles. The number of amides is 1. The minimum absolute atomic E-state index is 0.121. The van der Waals surface area contributed by atoms with Crippen molar-refractivity contribution >= 4 is 35.4 Å². The highest BCUT2D eigenvalue weighted by Gasteiger charge is 2.22. The number of carbonyl (C=O) groups is 2. The Balaban J connectivity index is 3.86. The maximum absolute atomic E-state index is 12.2. The minimum atomic E-state index is -0.663. The summed E-state index contributed by atoms with van der Waals surface area (Å²) in [4.78, 5) is 23.8. The molecule has 0 saturated heterocycles. The van der Waals surface area contributed by atoms with Gasteiger partial charge in [-0.3, -0.25) is 0 Å². The molecule has 7 heteroatoms. The second kappa shape index (κ2) is 19.2. The average Bonchev–Trinajstić information content (AvgIpc) is 2.64. The van der Waals surface area contributed by atoms with Gasteiger partial charge in [-0.05, 0) is 24.9 Å². The van der Waals surface area contributed by atoms with Gasteiger partial charge in [-0.2, -0.15) is 11.8 Å². The van der Waals surface area contributed by atoms with Crippen LogP contribution in [0, 0.1) is 0 Å². The molecule has 1 atom stereocenters. The zero-order chi connectivity index (χ0) is 19.5. The smallest absolute Gasteiger partial charge is 0.407 e. The first-order chi connectivity index (χ1) is 12.7. The fourth-order valence-electron chi connectivity index (χ4n) is 2.49. The Kier molecular flexibility index (Phi) is 18.7. The predicted molar refractivity (Wildman–Crippen MR) is 110 cm³/mol. The standard InChI is InChI=1S/C19H36ClNO4S/c1-3-4-5-6-7-8-9-10-11-14-24-18(22)17(12-16-26-2)21-19(23)25-15-13-20/h17H,3-16H2,1-2H3,(H,21,23). The lowest BCUT2D eigenvalue weighted by atomic mass is 10.1. The number of alkyl halides is 1. The van der Waals surface area contributed by atoms with E-state index in [9.17, 15) is 9.59 Å². The number of halogens is 1. The lowest BCUT2D eigenvalue weighted by molar-refractivity contribution is -0.146. The van der Waals surface area contributed by atoms with Crippen molar-refractivity contribution in [3.05, 3.63) is 0 Å². The van der Waals surface area contributed by atoms with Gasteiger partial charge in [0.15, 0.2) is 0 Å². The number of thioether (sulfide) groups is 1. The summed E-state index contributed by atoms with van der Waals surface area (Å²) in [7, 11) is 0. The SMILES string of the molecule is CCCCCCCCCCCOC(=O)C(CCSC)NC(=O)OCCCl. The van der Waals surface area contributed by atoms with Crippen LogP contribution in [0.4, 0.5) is 4.79 Å². The van der Waals surface area contributed by atoms with Crippen LogP contribution in [0.3, 0.4) is 0 Å². The van der Waals surface area contributed by atoms with Crippen LogP contribution in [0.15, 0.2) is 0 Å². The van der Waals surface area contributed by atoms with Gasteiger partial charge in [0.25, 0.3) is 0 Å². The fourth-order valence-corrected chi connectivity index (χ4v) is 3.03. The van der Waals surface area contributed by atoms with Gasteiger partial charge in [0, 0.05) is 0 Å². The Hall–Kier alpha value is -0.620. The van der Waals surface area contributed by atoms with Gasteiger partial charge in [0.2, 0.25) is 0 Å². The molecule has 0 aromatic rings. The van der Waals surface area contributed by atoms with Crippen molar-refractivity contribution in [2.75, 3.05) is 31.1 Å². The van der Waals surface area contributed by atoms with Crippen molar-refractivity contribution in [3.63, 3.8) is 0 Å². The van der Waals surface area contributed by atoms with E-state index in [1.807, 2.05) is 6.26 Å². The van der Waals surface area contributed by atoms with E-state index >= 15 is 0 Å². The molecule has 0 rings (SSSR count). The van der Waals surface area contributed by atoms with E-state index in [0.717, 1.165) is 18.6 Å². The highest BCUT2D eigenvalue weighted by atomic mass is 35.5. The molecule has 0 radical (unpaired) electrons. The molecule has 0 aliphatic heterocycles. The van der Waals surface area contributed by atoms with Crippen LogP contribution in [-0.2, 0) is 14.3 Å². The zero-order valence-electron chi connectivity index (χ0n) is 16.4. The van der Waals surface area contributed by atoms with Crippen LogP contribution in [-0.4, -0.2) is 49.2 Å². The predicted octanol–water partition coefficient (Wildman–Crippen LogP) is 5.15. The Morgan fingerprint density at radius 3 is 2.15 bits per heavy atom. The van der Waals surface area contributed by atoms with Crippen LogP contribution in [0.5, 0.6) is 0 Å². The van der Waals surface area contributed by atoms with Gasteiger partial charge in [-0.15, -0.1) is 11.6 Å². The molecular formula is C19H36ClNO4S. The van der Waals surface area contributed by atoms with Gasteiger partial charge in [0.1, 0.15) is 12.6 Å². The lowest BCUT2D eigenvalue weighted by Gasteiger charge is -2.17. The summed E-state index contributed by atoms with van der Waals surface area (Å²) in [6.07, 6.45) is 12.8. The minimum Gasteiger partial charge on any atom is -0.464 e. The lowest BCUT2D eigenvalue weighted by Crippen LogP contribution is -2.42. The van der Waals surface area contributed by atoms with Gasteiger partial charge in [-0.25, -0.2) is 9.59 Å². The molecule has 0 saturated carbocycles. The Labute approximate surface area is 168 Å². The molecule has 5 nitrogen and oxygen atoms in total. The number of nitrogens with one attached hydrogen (secondary N) is 1. The molecule has 0 bridgehead atoms. The Bertz CT molecular complexity index is 358. The number of rotatable bonds is 17. The molecule has 26 heavy (non-hydrogen) atoms. The first-order valence-corrected chi connectivity index (χ1v) is 11.7. The molecule has 0 heterocycles. The van der Waals surface area contributed by atoms with Crippen LogP contribution >= 0.6 is 23.4 Å². The molecule has 0 aromatic carbocycles. The van der Waals surface area contributed by atoms with Crippen molar-refractivity contribution in [2.24, 2.45) is 0 Å². The summed E-state index contributed by atoms with van der Waals surface area (Å²) >= 11 is 7.10. The van der Waals surface area contributed by atoms with Crippen LogP contribution in [0.2, 0.25) is 0 Å². The van der Waals surface area contributed by atoms with Crippen molar-refractivity contribution in [1.82, 2.24) is 5.32 Å². The summed E-state index contributed by atoms with van der Waals surface area (Å²) in [6.45, 7) is 2.75. The number of alkyl carbamates (subject to hydrolysis) is 1. The third-order valence-corrected chi connectivity index (χ3v) is 4.79. The number of carbonyl (C=O) groups excluding carboxylic acids is 2. The summed E-state index contributed by atoms with van der Waals surface area (Å²) in [5.74, 6) is 0.598. The first kappa shape index (κ1) is 25.4. The zero-order valence-corrected chi connectivity index (χ0v) is 18.0. The second-order valence-electron chi connectivity index (χ2n) is 6.30. The Morgan fingerprint density at radius 2 is 1.58 bits per heavy atom. The van der Waals surface area contributed by atoms with Crippen LogP contribution < -0.4 is 5.32 Å². The number of hydrogen-bond acceptors (Lipinski definition) is 5. The number of esters is 1. The monoisotopic (exact) mass is 409 g/mol. The summed E-state index contributed by atoms with van der Waals surface area (Å²) in [5, 5.41) is 2.56. The van der Waals surface area contributed by atoms with Crippen molar-refractivity contribution in [3.8, 4) is 0 Å². The molecule has 154 valence electrons. The fraction of sp³-hybridized carbons (Fsp3) is 0.895. The highest BCUT2D eigenvalue weighted by molar-refractivity contribution is 7.98. The van der Waals surface area contributed by atoms with E-state index in [1.54, 1.807) is 11.8 Å². The number of ether oxygens (including phenoxy) is 2. The molecule has 0 fully saturated rings. The Morgan fingerprint density at radius 1 is 0.962 bits per heavy atom. The maximum Gasteiger partial charge on any atom is 0.407 e. The molecule has 1 amide bonds. The van der Waals surface area contributed by atoms with Crippen molar-refractivity contribution < 1.29 is 19.1 Å². The molecule has 1 N–H and O–H groups in total. The van der Waals surface area contributed by atoms with E-state index in [0.29, 0.717) is 13.0 Å². The summed E-state index contributed by atoms with van der Waals surface area (Å²) in [5.41, 5.74) is 0. The average molecular weight is 410 g/mol. The molecule has 1 unspecified atom stereocenters. The van der Waals surface area contributed by atoms with Crippen LogP contribution in [0.1, 0.15) is 71.1 Å². The summed E-state index contributed by atoms with van der Waals surface area (Å²) < 4.78 is 10.2. The van der Waals surface area contributed by atoms with Crippen molar-refractivity contribution in [1.29, 1.82) is 0 Å². The summed E-state index contributed by atoms with van der Waals surface area (Å²) in [6, 6.07) is -0.663. The van der Waals surface area contributed by atoms with Crippen molar-refractivity contribution in [2.45, 2.75) is 77.2 Å². The maximum atomic E-state index is 12.2. The highest BCUT2D eigenvalue weighted by Crippen LogP contribution is 2.10. The second-order valence-corrected chi connectivity index (χ2v) is 7.66. The molecule has 0 spiro atoms. The van der Waals surface area contributed by atoms with Gasteiger partial charge in [-0.1, -0.05) is 58.3 Å². The molecule has 0 aliphatic rings. The third kappa shape index (κ3) is 15.6. The van der Waals surface area contributed by atoms with E-state index in [2.05, 4.69) is 12.2 Å². The van der Waals surface area contributed by atoms with Gasteiger partial charge in [0.05, 0.1) is 12.5 Å². The molecular weight excluding hydrogens is 374 g/mol. The largest absolute Gasteiger partial charge is 0.464 e. The third-order valence-electron chi connectivity index (χ3n) is 3.99. The normalized spacial score (nSPS) is 11.8.